The Morgan fingerprint density at radius 3 is 2.23 bits per heavy atom. The maximum atomic E-state index is 11.8. The van der Waals surface area contributed by atoms with Crippen LogP contribution in [0.15, 0.2) is 0 Å². The first-order valence-electron chi connectivity index (χ1n) is 3.84. The zero-order valence-electron chi connectivity index (χ0n) is 7.27. The molecule has 3 nitrogen and oxygen atoms in total. The smallest absolute Gasteiger partial charge is 0.368 e. The van der Waals surface area contributed by atoms with Crippen molar-refractivity contribution in [1.29, 1.82) is 0 Å². The number of primary amides is 1. The lowest BCUT2D eigenvalue weighted by Crippen LogP contribution is -2.38. The molecule has 13 heavy (non-hydrogen) atoms. The standard InChI is InChI=1S/C7H13F3N2O/c1-4(3-7(8,9)10)2-5(11)6(12)13/h4-5H,2-3,11H2,1H3,(H2,12,13). The van der Waals surface area contributed by atoms with Crippen molar-refractivity contribution in [3.05, 3.63) is 0 Å². The minimum Gasteiger partial charge on any atom is -0.368 e. The van der Waals surface area contributed by atoms with Gasteiger partial charge in [-0.25, -0.2) is 0 Å². The van der Waals surface area contributed by atoms with Crippen molar-refractivity contribution in [3.8, 4) is 0 Å². The minimum atomic E-state index is -4.21. The van der Waals surface area contributed by atoms with Crippen LogP contribution in [0.1, 0.15) is 19.8 Å². The molecular weight excluding hydrogens is 185 g/mol. The van der Waals surface area contributed by atoms with Crippen LogP contribution in [-0.2, 0) is 4.79 Å². The zero-order chi connectivity index (χ0) is 10.6. The molecule has 0 spiro atoms. The number of halogens is 3. The van der Waals surface area contributed by atoms with Crippen LogP contribution in [0.5, 0.6) is 0 Å². The molecule has 0 aliphatic heterocycles. The van der Waals surface area contributed by atoms with Crippen LogP contribution in [0.25, 0.3) is 0 Å². The van der Waals surface area contributed by atoms with Crippen molar-refractivity contribution in [2.75, 3.05) is 0 Å². The summed E-state index contributed by atoms with van der Waals surface area (Å²) >= 11 is 0. The fourth-order valence-electron chi connectivity index (χ4n) is 1.03. The Morgan fingerprint density at radius 1 is 1.46 bits per heavy atom. The predicted molar refractivity (Wildman–Crippen MR) is 41.6 cm³/mol. The molecule has 0 aromatic heterocycles. The Labute approximate surface area is 74.3 Å². The average Bonchev–Trinajstić information content (AvgIpc) is 1.81. The van der Waals surface area contributed by atoms with E-state index in [4.69, 9.17) is 11.5 Å². The van der Waals surface area contributed by atoms with Gasteiger partial charge in [-0.05, 0) is 12.3 Å². The lowest BCUT2D eigenvalue weighted by atomic mass is 9.98. The van der Waals surface area contributed by atoms with Crippen LogP contribution in [0.2, 0.25) is 0 Å². The lowest BCUT2D eigenvalue weighted by molar-refractivity contribution is -0.144. The summed E-state index contributed by atoms with van der Waals surface area (Å²) in [5.74, 6) is -1.45. The van der Waals surface area contributed by atoms with Crippen LogP contribution < -0.4 is 11.5 Å². The Hall–Kier alpha value is -0.780. The molecule has 0 saturated heterocycles. The van der Waals surface area contributed by atoms with Gasteiger partial charge in [0, 0.05) is 6.42 Å². The van der Waals surface area contributed by atoms with Gasteiger partial charge in [0.2, 0.25) is 5.91 Å². The quantitative estimate of drug-likeness (QED) is 0.700. The summed E-state index contributed by atoms with van der Waals surface area (Å²) in [7, 11) is 0. The SMILES string of the molecule is CC(CC(N)C(N)=O)CC(F)(F)F. The van der Waals surface area contributed by atoms with Crippen molar-refractivity contribution in [2.24, 2.45) is 17.4 Å². The van der Waals surface area contributed by atoms with Crippen molar-refractivity contribution in [1.82, 2.24) is 0 Å². The van der Waals surface area contributed by atoms with E-state index in [1.165, 1.54) is 6.92 Å². The van der Waals surface area contributed by atoms with Crippen molar-refractivity contribution in [3.63, 3.8) is 0 Å². The van der Waals surface area contributed by atoms with E-state index in [2.05, 4.69) is 0 Å². The van der Waals surface area contributed by atoms with Crippen LogP contribution in [0, 0.1) is 5.92 Å². The van der Waals surface area contributed by atoms with Gasteiger partial charge in [0.1, 0.15) is 0 Å². The first kappa shape index (κ1) is 12.2. The minimum absolute atomic E-state index is 0.0329. The number of nitrogens with two attached hydrogens (primary N) is 2. The van der Waals surface area contributed by atoms with E-state index in [1.54, 1.807) is 0 Å². The van der Waals surface area contributed by atoms with Gasteiger partial charge in [-0.1, -0.05) is 6.92 Å². The summed E-state index contributed by atoms with van der Waals surface area (Å²) in [4.78, 5) is 10.4. The second-order valence-corrected chi connectivity index (χ2v) is 3.17. The third kappa shape index (κ3) is 6.39. The summed E-state index contributed by atoms with van der Waals surface area (Å²) in [6.45, 7) is 1.39. The highest BCUT2D eigenvalue weighted by Crippen LogP contribution is 2.26. The molecule has 0 fully saturated rings. The van der Waals surface area contributed by atoms with E-state index < -0.39 is 30.5 Å². The first-order chi connectivity index (χ1) is 5.72. The Kier molecular flexibility index (Phi) is 4.19. The van der Waals surface area contributed by atoms with Gasteiger partial charge in [-0.2, -0.15) is 13.2 Å². The van der Waals surface area contributed by atoms with Gasteiger partial charge in [0.15, 0.2) is 0 Å². The molecule has 78 valence electrons. The van der Waals surface area contributed by atoms with E-state index in [-0.39, 0.29) is 6.42 Å². The topological polar surface area (TPSA) is 69.1 Å². The molecule has 4 N–H and O–H groups in total. The highest BCUT2D eigenvalue weighted by atomic mass is 19.4. The second kappa shape index (κ2) is 4.45. The second-order valence-electron chi connectivity index (χ2n) is 3.17. The van der Waals surface area contributed by atoms with Crippen molar-refractivity contribution < 1.29 is 18.0 Å². The molecule has 6 heteroatoms. The van der Waals surface area contributed by atoms with E-state index >= 15 is 0 Å². The molecule has 0 aliphatic carbocycles. The fraction of sp³-hybridized carbons (Fsp3) is 0.857. The maximum absolute atomic E-state index is 11.8. The van der Waals surface area contributed by atoms with Gasteiger partial charge in [0.25, 0.3) is 0 Å². The van der Waals surface area contributed by atoms with E-state index in [1.807, 2.05) is 0 Å². The Morgan fingerprint density at radius 2 is 1.92 bits per heavy atom. The monoisotopic (exact) mass is 198 g/mol. The number of hydrogen-bond acceptors (Lipinski definition) is 2. The molecule has 1 amide bonds. The van der Waals surface area contributed by atoms with Gasteiger partial charge in [0.05, 0.1) is 6.04 Å². The van der Waals surface area contributed by atoms with Crippen LogP contribution in [-0.4, -0.2) is 18.1 Å². The Balaban J connectivity index is 3.88. The number of alkyl halides is 3. The molecule has 2 atom stereocenters. The van der Waals surface area contributed by atoms with E-state index in [0.717, 1.165) is 0 Å². The fourth-order valence-corrected chi connectivity index (χ4v) is 1.03. The highest BCUT2D eigenvalue weighted by Gasteiger charge is 2.30. The van der Waals surface area contributed by atoms with Crippen LogP contribution >= 0.6 is 0 Å². The van der Waals surface area contributed by atoms with Gasteiger partial charge in [-0.15, -0.1) is 0 Å². The summed E-state index contributed by atoms with van der Waals surface area (Å²) in [6.07, 6.45) is -5.18. The lowest BCUT2D eigenvalue weighted by Gasteiger charge is -2.16. The molecule has 0 heterocycles. The molecule has 0 radical (unpaired) electrons. The van der Waals surface area contributed by atoms with Crippen molar-refractivity contribution >= 4 is 5.91 Å². The van der Waals surface area contributed by atoms with E-state index in [0.29, 0.717) is 0 Å². The molecular formula is C7H13F3N2O. The van der Waals surface area contributed by atoms with Crippen LogP contribution in [0.3, 0.4) is 0 Å². The molecule has 0 aromatic rings. The number of hydrogen-bond donors (Lipinski definition) is 2. The molecule has 0 bridgehead atoms. The molecule has 0 aliphatic rings. The van der Waals surface area contributed by atoms with Gasteiger partial charge < -0.3 is 11.5 Å². The van der Waals surface area contributed by atoms with E-state index in [9.17, 15) is 18.0 Å². The first-order valence-corrected chi connectivity index (χ1v) is 3.84. The average molecular weight is 198 g/mol. The molecule has 0 aromatic carbocycles. The summed E-state index contributed by atoms with van der Waals surface area (Å²) < 4.78 is 35.4. The molecule has 0 saturated carbocycles. The predicted octanol–water partition coefficient (Wildman–Crippen LogP) is 0.778. The maximum Gasteiger partial charge on any atom is 0.389 e. The van der Waals surface area contributed by atoms with Crippen molar-refractivity contribution in [2.45, 2.75) is 32.0 Å². The third-order valence-corrected chi connectivity index (χ3v) is 1.60. The number of carbonyl (C=O) groups is 1. The van der Waals surface area contributed by atoms with Crippen LogP contribution in [0.4, 0.5) is 13.2 Å². The number of amides is 1. The number of rotatable bonds is 4. The Bertz CT molecular complexity index is 181. The summed E-state index contributed by atoms with van der Waals surface area (Å²) in [6, 6.07) is -0.989. The highest BCUT2D eigenvalue weighted by molar-refractivity contribution is 5.79. The largest absolute Gasteiger partial charge is 0.389 e. The summed E-state index contributed by atoms with van der Waals surface area (Å²) in [5, 5.41) is 0. The molecule has 2 unspecified atom stereocenters. The van der Waals surface area contributed by atoms with Gasteiger partial charge >= 0.3 is 6.18 Å². The van der Waals surface area contributed by atoms with Gasteiger partial charge in [-0.3, -0.25) is 4.79 Å². The number of carbonyl (C=O) groups excluding carboxylic acids is 1. The normalized spacial score (nSPS) is 16.7. The third-order valence-electron chi connectivity index (χ3n) is 1.60. The summed E-state index contributed by atoms with van der Waals surface area (Å²) in [5.41, 5.74) is 10.00. The zero-order valence-corrected chi connectivity index (χ0v) is 7.27. The molecule has 0 rings (SSSR count).